The van der Waals surface area contributed by atoms with Crippen molar-refractivity contribution in [1.82, 2.24) is 0 Å². The van der Waals surface area contributed by atoms with Crippen molar-refractivity contribution < 1.29 is 14.0 Å². The summed E-state index contributed by atoms with van der Waals surface area (Å²) in [5.41, 5.74) is 6.37. The minimum Gasteiger partial charge on any atom is -0.368 e. The van der Waals surface area contributed by atoms with E-state index in [1.165, 1.54) is 17.0 Å². The molecule has 0 aromatic heterocycles. The van der Waals surface area contributed by atoms with E-state index in [1.54, 1.807) is 6.07 Å². The molecule has 0 bridgehead atoms. The summed E-state index contributed by atoms with van der Waals surface area (Å²) < 4.78 is 13.1. The van der Waals surface area contributed by atoms with Crippen molar-refractivity contribution in [3.63, 3.8) is 0 Å². The number of carbonyl (C=O) groups excluding carboxylic acids is 2. The van der Waals surface area contributed by atoms with E-state index in [-0.39, 0.29) is 12.5 Å². The number of anilines is 1. The van der Waals surface area contributed by atoms with Crippen molar-refractivity contribution >= 4 is 17.5 Å². The number of hydrogen-bond donors (Lipinski definition) is 1. The Morgan fingerprint density at radius 2 is 2.19 bits per heavy atom. The first-order valence-electron chi connectivity index (χ1n) is 4.95. The van der Waals surface area contributed by atoms with Gasteiger partial charge in [-0.25, -0.2) is 4.39 Å². The van der Waals surface area contributed by atoms with Crippen LogP contribution in [0.2, 0.25) is 0 Å². The van der Waals surface area contributed by atoms with Gasteiger partial charge in [-0.1, -0.05) is 6.07 Å². The average molecular weight is 222 g/mol. The second kappa shape index (κ2) is 3.92. The fraction of sp³-hybridized carbons (Fsp3) is 0.273. The molecule has 0 aliphatic carbocycles. The Balaban J connectivity index is 2.42. The maximum atomic E-state index is 13.1. The first kappa shape index (κ1) is 10.6. The number of fused-ring (bicyclic) bond motifs is 1. The van der Waals surface area contributed by atoms with E-state index in [1.807, 2.05) is 0 Å². The summed E-state index contributed by atoms with van der Waals surface area (Å²) in [6.07, 6.45) is 0.898. The number of nitrogens with zero attached hydrogens (tertiary/aromatic N) is 1. The van der Waals surface area contributed by atoms with Gasteiger partial charge in [0.05, 0.1) is 5.69 Å². The Morgan fingerprint density at radius 3 is 2.88 bits per heavy atom. The largest absolute Gasteiger partial charge is 0.368 e. The highest BCUT2D eigenvalue weighted by Gasteiger charge is 2.25. The molecule has 2 amide bonds. The number of amides is 2. The first-order chi connectivity index (χ1) is 7.58. The van der Waals surface area contributed by atoms with Crippen molar-refractivity contribution in [1.29, 1.82) is 0 Å². The average Bonchev–Trinajstić information content (AvgIpc) is 2.22. The summed E-state index contributed by atoms with van der Waals surface area (Å²) in [6.45, 7) is -0.199. The van der Waals surface area contributed by atoms with Crippen LogP contribution in [0, 0.1) is 5.82 Å². The quantitative estimate of drug-likeness (QED) is 0.796. The smallest absolute Gasteiger partial charge is 0.237 e. The van der Waals surface area contributed by atoms with E-state index in [4.69, 9.17) is 5.73 Å². The zero-order chi connectivity index (χ0) is 11.7. The standard InChI is InChI=1S/C11H11FN2O2/c12-8-3-1-7-2-4-11(16)14(6-10(13)15)9(7)5-8/h1,3,5H,2,4,6H2,(H2,13,15). The minimum absolute atomic E-state index is 0.197. The molecule has 0 spiro atoms. The SMILES string of the molecule is NC(=O)CN1C(=O)CCc2ccc(F)cc21. The number of halogens is 1. The first-order valence-corrected chi connectivity index (χ1v) is 4.95. The number of hydrogen-bond acceptors (Lipinski definition) is 2. The van der Waals surface area contributed by atoms with Crippen LogP contribution in [0.3, 0.4) is 0 Å². The van der Waals surface area contributed by atoms with Crippen LogP contribution in [0.4, 0.5) is 10.1 Å². The van der Waals surface area contributed by atoms with Gasteiger partial charge in [0.15, 0.2) is 0 Å². The lowest BCUT2D eigenvalue weighted by Crippen LogP contribution is -2.41. The lowest BCUT2D eigenvalue weighted by atomic mass is 10.0. The van der Waals surface area contributed by atoms with Crippen LogP contribution in [0.25, 0.3) is 0 Å². The molecule has 0 radical (unpaired) electrons. The van der Waals surface area contributed by atoms with Crippen molar-refractivity contribution in [3.8, 4) is 0 Å². The van der Waals surface area contributed by atoms with E-state index in [0.29, 0.717) is 18.5 Å². The summed E-state index contributed by atoms with van der Waals surface area (Å²) in [6, 6.07) is 4.23. The fourth-order valence-electron chi connectivity index (χ4n) is 1.84. The van der Waals surface area contributed by atoms with Crippen LogP contribution in [0.15, 0.2) is 18.2 Å². The third-order valence-electron chi connectivity index (χ3n) is 2.56. The van der Waals surface area contributed by atoms with Crippen molar-refractivity contribution in [2.45, 2.75) is 12.8 Å². The predicted molar refractivity (Wildman–Crippen MR) is 56.3 cm³/mol. The summed E-state index contributed by atoms with van der Waals surface area (Å²) in [5, 5.41) is 0. The predicted octanol–water partition coefficient (Wildman–Crippen LogP) is 0.590. The van der Waals surface area contributed by atoms with Gasteiger partial charge in [0.25, 0.3) is 0 Å². The zero-order valence-corrected chi connectivity index (χ0v) is 8.57. The molecule has 0 saturated carbocycles. The van der Waals surface area contributed by atoms with Gasteiger partial charge < -0.3 is 10.6 Å². The van der Waals surface area contributed by atoms with Crippen LogP contribution in [-0.2, 0) is 16.0 Å². The van der Waals surface area contributed by atoms with Gasteiger partial charge in [0, 0.05) is 6.42 Å². The number of benzene rings is 1. The van der Waals surface area contributed by atoms with Crippen molar-refractivity contribution in [2.75, 3.05) is 11.4 Å². The highest BCUT2D eigenvalue weighted by molar-refractivity contribution is 6.00. The Hall–Kier alpha value is -1.91. The highest BCUT2D eigenvalue weighted by atomic mass is 19.1. The number of rotatable bonds is 2. The maximum absolute atomic E-state index is 13.1. The van der Waals surface area contributed by atoms with Gasteiger partial charge >= 0.3 is 0 Å². The molecule has 1 heterocycles. The highest BCUT2D eigenvalue weighted by Crippen LogP contribution is 2.28. The van der Waals surface area contributed by atoms with Crippen LogP contribution < -0.4 is 10.6 Å². The molecule has 1 aromatic carbocycles. The van der Waals surface area contributed by atoms with E-state index < -0.39 is 11.7 Å². The van der Waals surface area contributed by atoms with Crippen LogP contribution in [0.1, 0.15) is 12.0 Å². The molecular formula is C11H11FN2O2. The van der Waals surface area contributed by atoms with Gasteiger partial charge in [-0.05, 0) is 24.1 Å². The lowest BCUT2D eigenvalue weighted by Gasteiger charge is -2.28. The third kappa shape index (κ3) is 1.88. The van der Waals surface area contributed by atoms with E-state index in [2.05, 4.69) is 0 Å². The van der Waals surface area contributed by atoms with Crippen LogP contribution in [-0.4, -0.2) is 18.4 Å². The Morgan fingerprint density at radius 1 is 1.44 bits per heavy atom. The van der Waals surface area contributed by atoms with Gasteiger partial charge in [-0.15, -0.1) is 0 Å². The molecule has 1 aliphatic heterocycles. The molecule has 5 heteroatoms. The van der Waals surface area contributed by atoms with Gasteiger partial charge in [0.2, 0.25) is 11.8 Å². The molecule has 0 fully saturated rings. The molecule has 0 unspecified atom stereocenters. The number of carbonyl (C=O) groups is 2. The molecule has 4 nitrogen and oxygen atoms in total. The molecule has 0 saturated heterocycles. The maximum Gasteiger partial charge on any atom is 0.237 e. The van der Waals surface area contributed by atoms with Crippen LogP contribution >= 0.6 is 0 Å². The van der Waals surface area contributed by atoms with Crippen molar-refractivity contribution in [2.24, 2.45) is 5.73 Å². The molecule has 2 rings (SSSR count). The van der Waals surface area contributed by atoms with Crippen LogP contribution in [0.5, 0.6) is 0 Å². The lowest BCUT2D eigenvalue weighted by molar-refractivity contribution is -0.122. The second-order valence-electron chi connectivity index (χ2n) is 3.72. The summed E-state index contributed by atoms with van der Waals surface area (Å²) in [5.74, 6) is -1.23. The Kier molecular flexibility index (Phi) is 2.60. The second-order valence-corrected chi connectivity index (χ2v) is 3.72. The zero-order valence-electron chi connectivity index (χ0n) is 8.57. The van der Waals surface area contributed by atoms with Gasteiger partial charge in [0.1, 0.15) is 12.4 Å². The molecule has 1 aromatic rings. The molecule has 0 atom stereocenters. The Labute approximate surface area is 91.8 Å². The Bertz CT molecular complexity index is 459. The third-order valence-corrected chi connectivity index (χ3v) is 2.56. The van der Waals surface area contributed by atoms with E-state index >= 15 is 0 Å². The number of aryl methyl sites for hydroxylation is 1. The van der Waals surface area contributed by atoms with E-state index in [9.17, 15) is 14.0 Å². The normalized spacial score (nSPS) is 14.8. The van der Waals surface area contributed by atoms with Gasteiger partial charge in [-0.3, -0.25) is 9.59 Å². The molecule has 84 valence electrons. The number of nitrogens with two attached hydrogens (primary N) is 1. The summed E-state index contributed by atoms with van der Waals surface area (Å²) >= 11 is 0. The molecule has 1 aliphatic rings. The molecule has 16 heavy (non-hydrogen) atoms. The van der Waals surface area contributed by atoms with Crippen molar-refractivity contribution in [3.05, 3.63) is 29.6 Å². The molecule has 2 N–H and O–H groups in total. The van der Waals surface area contributed by atoms with E-state index in [0.717, 1.165) is 5.56 Å². The topological polar surface area (TPSA) is 63.4 Å². The molecular weight excluding hydrogens is 211 g/mol. The number of primary amides is 1. The fourth-order valence-corrected chi connectivity index (χ4v) is 1.84. The van der Waals surface area contributed by atoms with Gasteiger partial charge in [-0.2, -0.15) is 0 Å². The minimum atomic E-state index is -0.606. The summed E-state index contributed by atoms with van der Waals surface area (Å²) in [7, 11) is 0. The monoisotopic (exact) mass is 222 g/mol. The summed E-state index contributed by atoms with van der Waals surface area (Å²) in [4.78, 5) is 23.7.